The van der Waals surface area contributed by atoms with Gasteiger partial charge < -0.3 is 10.1 Å². The Morgan fingerprint density at radius 1 is 1.56 bits per heavy atom. The number of carbonyl (C=O) groups is 1. The van der Waals surface area contributed by atoms with Crippen molar-refractivity contribution >= 4 is 5.97 Å². The average molecular weight is 228 g/mol. The second kappa shape index (κ2) is 6.86. The van der Waals surface area contributed by atoms with Crippen molar-refractivity contribution in [1.82, 2.24) is 10.2 Å². The lowest BCUT2D eigenvalue weighted by atomic mass is 10.1. The Labute approximate surface area is 98.3 Å². The molecule has 1 aliphatic rings. The summed E-state index contributed by atoms with van der Waals surface area (Å²) in [4.78, 5) is 14.0. The normalized spacial score (nSPS) is 24.1. The molecule has 0 amide bonds. The number of piperazine rings is 1. The molecule has 1 fully saturated rings. The van der Waals surface area contributed by atoms with Crippen molar-refractivity contribution in [1.29, 1.82) is 0 Å². The van der Waals surface area contributed by atoms with E-state index in [-0.39, 0.29) is 12.0 Å². The Hall–Kier alpha value is -0.610. The number of esters is 1. The summed E-state index contributed by atoms with van der Waals surface area (Å²) in [6.07, 6.45) is 1.15. The first kappa shape index (κ1) is 13.5. The van der Waals surface area contributed by atoms with Crippen LogP contribution in [0.3, 0.4) is 0 Å². The minimum atomic E-state index is -0.0947. The molecule has 1 N–H and O–H groups in total. The summed E-state index contributed by atoms with van der Waals surface area (Å²) in [5, 5.41) is 3.25. The maximum atomic E-state index is 11.8. The van der Waals surface area contributed by atoms with Crippen molar-refractivity contribution < 1.29 is 9.53 Å². The van der Waals surface area contributed by atoms with E-state index in [1.807, 2.05) is 6.92 Å². The van der Waals surface area contributed by atoms with Crippen molar-refractivity contribution in [3.05, 3.63) is 0 Å². The van der Waals surface area contributed by atoms with Crippen molar-refractivity contribution in [3.8, 4) is 0 Å². The fraction of sp³-hybridized carbons (Fsp3) is 0.917. The lowest BCUT2D eigenvalue weighted by molar-refractivity contribution is -0.150. The molecule has 1 saturated heterocycles. The summed E-state index contributed by atoms with van der Waals surface area (Å²) in [6.45, 7) is 10.3. The molecule has 1 aliphatic heterocycles. The van der Waals surface area contributed by atoms with Crippen LogP contribution in [0.25, 0.3) is 0 Å². The number of hydrogen-bond donors (Lipinski definition) is 1. The summed E-state index contributed by atoms with van der Waals surface area (Å²) in [7, 11) is 0. The van der Waals surface area contributed by atoms with E-state index in [0.29, 0.717) is 12.5 Å². The fourth-order valence-electron chi connectivity index (χ4n) is 1.97. The molecule has 16 heavy (non-hydrogen) atoms. The number of nitrogens with one attached hydrogen (secondary N) is 1. The van der Waals surface area contributed by atoms with Crippen molar-refractivity contribution in [3.63, 3.8) is 0 Å². The first-order chi connectivity index (χ1) is 7.69. The maximum Gasteiger partial charge on any atom is 0.324 e. The minimum absolute atomic E-state index is 0.0852. The van der Waals surface area contributed by atoms with E-state index >= 15 is 0 Å². The molecule has 0 aromatic carbocycles. The Morgan fingerprint density at radius 2 is 2.31 bits per heavy atom. The lowest BCUT2D eigenvalue weighted by Crippen LogP contribution is -2.56. The molecule has 4 nitrogen and oxygen atoms in total. The van der Waals surface area contributed by atoms with Gasteiger partial charge >= 0.3 is 5.97 Å². The highest BCUT2D eigenvalue weighted by Crippen LogP contribution is 2.11. The fourth-order valence-corrected chi connectivity index (χ4v) is 1.97. The van der Waals surface area contributed by atoms with Crippen LogP contribution in [-0.2, 0) is 9.53 Å². The van der Waals surface area contributed by atoms with Crippen LogP contribution < -0.4 is 5.32 Å². The van der Waals surface area contributed by atoms with Crippen LogP contribution in [0.15, 0.2) is 0 Å². The summed E-state index contributed by atoms with van der Waals surface area (Å²) in [6, 6.07) is -0.0947. The third-order valence-corrected chi connectivity index (χ3v) is 3.16. The molecule has 94 valence electrons. The molecule has 0 aromatic heterocycles. The Bertz CT molecular complexity index is 221. The van der Waals surface area contributed by atoms with Crippen LogP contribution >= 0.6 is 0 Å². The lowest BCUT2D eigenvalue weighted by Gasteiger charge is -2.35. The number of ether oxygens (including phenoxy) is 1. The van der Waals surface area contributed by atoms with Gasteiger partial charge in [-0.25, -0.2) is 0 Å². The largest absolute Gasteiger partial charge is 0.465 e. The van der Waals surface area contributed by atoms with Gasteiger partial charge in [-0.15, -0.1) is 0 Å². The van der Waals surface area contributed by atoms with E-state index in [2.05, 4.69) is 24.1 Å². The van der Waals surface area contributed by atoms with Crippen LogP contribution in [0.4, 0.5) is 0 Å². The van der Waals surface area contributed by atoms with Crippen molar-refractivity contribution in [2.24, 2.45) is 5.92 Å². The molecule has 0 bridgehead atoms. The van der Waals surface area contributed by atoms with Gasteiger partial charge in [0, 0.05) is 26.2 Å². The molecule has 2 unspecified atom stereocenters. The molecule has 0 spiro atoms. The van der Waals surface area contributed by atoms with E-state index in [1.54, 1.807) is 0 Å². The van der Waals surface area contributed by atoms with Crippen LogP contribution in [0.2, 0.25) is 0 Å². The van der Waals surface area contributed by atoms with Crippen LogP contribution in [-0.4, -0.2) is 49.7 Å². The van der Waals surface area contributed by atoms with E-state index < -0.39 is 0 Å². The summed E-state index contributed by atoms with van der Waals surface area (Å²) < 4.78 is 5.11. The Kier molecular flexibility index (Phi) is 5.77. The van der Waals surface area contributed by atoms with Crippen molar-refractivity contribution in [2.75, 3.05) is 32.8 Å². The van der Waals surface area contributed by atoms with E-state index in [9.17, 15) is 4.79 Å². The summed E-state index contributed by atoms with van der Waals surface area (Å²) >= 11 is 0. The highest BCUT2D eigenvalue weighted by Gasteiger charge is 2.30. The third kappa shape index (κ3) is 3.76. The van der Waals surface area contributed by atoms with E-state index in [4.69, 9.17) is 4.74 Å². The minimum Gasteiger partial charge on any atom is -0.465 e. The first-order valence-electron chi connectivity index (χ1n) is 6.30. The number of carbonyl (C=O) groups excluding carboxylic acids is 1. The quantitative estimate of drug-likeness (QED) is 0.709. The molecule has 1 heterocycles. The highest BCUT2D eigenvalue weighted by molar-refractivity contribution is 5.76. The van der Waals surface area contributed by atoms with Gasteiger partial charge in [-0.3, -0.25) is 9.69 Å². The number of nitrogens with zero attached hydrogens (tertiary/aromatic N) is 1. The SMILES string of the molecule is CCOC(=O)C1CNCCN1CC(C)CC. The third-order valence-electron chi connectivity index (χ3n) is 3.16. The monoisotopic (exact) mass is 228 g/mol. The predicted molar refractivity (Wildman–Crippen MR) is 64.3 cm³/mol. The van der Waals surface area contributed by atoms with Gasteiger partial charge in [0.05, 0.1) is 6.61 Å². The van der Waals surface area contributed by atoms with Gasteiger partial charge in [-0.1, -0.05) is 20.3 Å². The van der Waals surface area contributed by atoms with Crippen LogP contribution in [0.5, 0.6) is 0 Å². The zero-order valence-electron chi connectivity index (χ0n) is 10.7. The molecule has 2 atom stereocenters. The topological polar surface area (TPSA) is 41.6 Å². The molecule has 0 aliphatic carbocycles. The Balaban J connectivity index is 2.52. The summed E-state index contributed by atoms with van der Waals surface area (Å²) in [5.41, 5.74) is 0. The smallest absolute Gasteiger partial charge is 0.324 e. The standard InChI is InChI=1S/C12H24N2O2/c1-4-10(3)9-14-7-6-13-8-11(14)12(15)16-5-2/h10-11,13H,4-9H2,1-3H3. The first-order valence-corrected chi connectivity index (χ1v) is 6.30. The molecule has 0 aromatic rings. The van der Waals surface area contributed by atoms with Gasteiger partial charge in [0.25, 0.3) is 0 Å². The van der Waals surface area contributed by atoms with Gasteiger partial charge in [0.2, 0.25) is 0 Å². The van der Waals surface area contributed by atoms with E-state index in [1.165, 1.54) is 0 Å². The van der Waals surface area contributed by atoms with Crippen molar-refractivity contribution in [2.45, 2.75) is 33.2 Å². The van der Waals surface area contributed by atoms with Crippen LogP contribution in [0, 0.1) is 5.92 Å². The number of hydrogen-bond acceptors (Lipinski definition) is 4. The second-order valence-corrected chi connectivity index (χ2v) is 4.48. The van der Waals surface area contributed by atoms with Gasteiger partial charge in [-0.2, -0.15) is 0 Å². The van der Waals surface area contributed by atoms with Gasteiger partial charge in [0.15, 0.2) is 0 Å². The zero-order chi connectivity index (χ0) is 12.0. The Morgan fingerprint density at radius 3 is 2.94 bits per heavy atom. The highest BCUT2D eigenvalue weighted by atomic mass is 16.5. The second-order valence-electron chi connectivity index (χ2n) is 4.48. The van der Waals surface area contributed by atoms with E-state index in [0.717, 1.165) is 32.6 Å². The number of rotatable bonds is 5. The molecular formula is C12H24N2O2. The summed E-state index contributed by atoms with van der Waals surface area (Å²) in [5.74, 6) is 0.549. The van der Waals surface area contributed by atoms with Gasteiger partial charge in [0.1, 0.15) is 6.04 Å². The molecular weight excluding hydrogens is 204 g/mol. The molecule has 1 rings (SSSR count). The predicted octanol–water partition coefficient (Wildman–Crippen LogP) is 0.869. The maximum absolute atomic E-state index is 11.8. The van der Waals surface area contributed by atoms with Gasteiger partial charge in [-0.05, 0) is 12.8 Å². The molecule has 4 heteroatoms. The average Bonchev–Trinajstić information content (AvgIpc) is 2.30. The van der Waals surface area contributed by atoms with Crippen LogP contribution in [0.1, 0.15) is 27.2 Å². The molecule has 0 saturated carbocycles. The zero-order valence-corrected chi connectivity index (χ0v) is 10.7. The molecule has 0 radical (unpaired) electrons.